The number of aromatic nitrogens is 1. The second-order valence-corrected chi connectivity index (χ2v) is 8.33. The average molecular weight is 477 g/mol. The fraction of sp³-hybridized carbons (Fsp3) is 0.0400. The van der Waals surface area contributed by atoms with Crippen molar-refractivity contribution >= 4 is 50.4 Å². The number of fused-ring (bicyclic) bond motifs is 2. The van der Waals surface area contributed by atoms with Crippen LogP contribution < -0.4 is 22.4 Å². The summed E-state index contributed by atoms with van der Waals surface area (Å²) >= 11 is 1.62. The number of nitro groups is 1. The fourth-order valence-corrected chi connectivity index (χ4v) is 4.68. The molecule has 164 valence electrons. The van der Waals surface area contributed by atoms with Gasteiger partial charge in [-0.2, -0.15) is 4.57 Å². The Balaban J connectivity index is 0.00000259. The van der Waals surface area contributed by atoms with Crippen LogP contribution in [0, 0.1) is 10.1 Å². The van der Waals surface area contributed by atoms with Gasteiger partial charge in [-0.05, 0) is 36.4 Å². The maximum absolute atomic E-state index is 12.8. The predicted molar refractivity (Wildman–Crippen MR) is 126 cm³/mol. The van der Waals surface area contributed by atoms with E-state index in [2.05, 4.69) is 4.57 Å². The summed E-state index contributed by atoms with van der Waals surface area (Å²) in [6.45, 7) is 0.550. The number of thiazole rings is 1. The van der Waals surface area contributed by atoms with E-state index in [0.717, 1.165) is 20.8 Å². The molecular weight excluding hydrogens is 460 g/mol. The number of para-hydroxylation sites is 2. The molecule has 0 aliphatic heterocycles. The minimum Gasteiger partial charge on any atom is -1.00 e. The number of non-ortho nitro benzene ring substituents is 1. The molecule has 2 heterocycles. The van der Waals surface area contributed by atoms with E-state index < -0.39 is 4.92 Å². The number of nitro benzene ring substituents is 1. The Morgan fingerprint density at radius 2 is 1.70 bits per heavy atom. The highest BCUT2D eigenvalue weighted by Crippen LogP contribution is 2.23. The molecule has 0 amide bonds. The molecular formula is C25H17ClN2O4S. The molecule has 0 aliphatic carbocycles. The van der Waals surface area contributed by atoms with E-state index in [1.165, 1.54) is 18.4 Å². The van der Waals surface area contributed by atoms with E-state index in [1.54, 1.807) is 41.7 Å². The van der Waals surface area contributed by atoms with Crippen LogP contribution in [-0.4, -0.2) is 4.92 Å². The van der Waals surface area contributed by atoms with Gasteiger partial charge in [-0.25, -0.2) is 0 Å². The molecule has 33 heavy (non-hydrogen) atoms. The third-order valence-corrected chi connectivity index (χ3v) is 6.37. The first kappa shape index (κ1) is 22.4. The monoisotopic (exact) mass is 476 g/mol. The SMILES string of the molecule is O=c1c(/C=C/c2sc3ccccc3[n+]2Cc2ccc([N+](=O)[O-])cc2)coc2ccccc12.[Cl-]. The molecule has 5 rings (SSSR count). The quantitative estimate of drug-likeness (QED) is 0.222. The Bertz CT molecular complexity index is 1550. The van der Waals surface area contributed by atoms with E-state index in [0.29, 0.717) is 23.1 Å². The molecule has 0 saturated heterocycles. The second-order valence-electron chi connectivity index (χ2n) is 7.27. The van der Waals surface area contributed by atoms with Gasteiger partial charge in [0, 0.05) is 29.8 Å². The lowest BCUT2D eigenvalue weighted by atomic mass is 10.1. The number of rotatable bonds is 5. The van der Waals surface area contributed by atoms with Crippen LogP contribution in [0.25, 0.3) is 33.3 Å². The van der Waals surface area contributed by atoms with Gasteiger partial charge in [-0.3, -0.25) is 14.9 Å². The van der Waals surface area contributed by atoms with Crippen molar-refractivity contribution in [2.24, 2.45) is 0 Å². The van der Waals surface area contributed by atoms with Crippen LogP contribution in [0.4, 0.5) is 5.69 Å². The third kappa shape index (κ3) is 4.41. The van der Waals surface area contributed by atoms with Crippen LogP contribution >= 0.6 is 11.3 Å². The van der Waals surface area contributed by atoms with Gasteiger partial charge in [0.05, 0.1) is 15.9 Å². The van der Waals surface area contributed by atoms with Gasteiger partial charge in [-0.1, -0.05) is 35.6 Å². The van der Waals surface area contributed by atoms with Crippen molar-refractivity contribution in [3.8, 4) is 0 Å². The summed E-state index contributed by atoms with van der Waals surface area (Å²) in [5.41, 5.74) is 3.03. The van der Waals surface area contributed by atoms with Gasteiger partial charge >= 0.3 is 0 Å². The zero-order chi connectivity index (χ0) is 22.1. The van der Waals surface area contributed by atoms with Crippen LogP contribution in [-0.2, 0) is 6.54 Å². The molecule has 0 radical (unpaired) electrons. The summed E-state index contributed by atoms with van der Waals surface area (Å²) in [7, 11) is 0. The van der Waals surface area contributed by atoms with Crippen molar-refractivity contribution in [1.82, 2.24) is 0 Å². The Morgan fingerprint density at radius 1 is 0.970 bits per heavy atom. The largest absolute Gasteiger partial charge is 1.00 e. The lowest BCUT2D eigenvalue weighted by Gasteiger charge is -1.99. The Morgan fingerprint density at radius 3 is 2.48 bits per heavy atom. The first-order valence-corrected chi connectivity index (χ1v) is 10.7. The molecule has 6 nitrogen and oxygen atoms in total. The molecule has 8 heteroatoms. The van der Waals surface area contributed by atoms with Crippen LogP contribution in [0.5, 0.6) is 0 Å². The van der Waals surface area contributed by atoms with E-state index in [4.69, 9.17) is 4.42 Å². The molecule has 0 spiro atoms. The Kier molecular flexibility index (Phi) is 6.35. The Hall–Kier alpha value is -3.81. The van der Waals surface area contributed by atoms with Crippen molar-refractivity contribution in [3.63, 3.8) is 0 Å². The summed E-state index contributed by atoms with van der Waals surface area (Å²) in [6, 6.07) is 21.8. The van der Waals surface area contributed by atoms with Crippen molar-refractivity contribution in [1.29, 1.82) is 0 Å². The zero-order valence-electron chi connectivity index (χ0n) is 17.2. The van der Waals surface area contributed by atoms with Gasteiger partial charge in [0.25, 0.3) is 10.7 Å². The normalized spacial score (nSPS) is 11.2. The van der Waals surface area contributed by atoms with Crippen molar-refractivity contribution in [3.05, 3.63) is 116 Å². The number of hydrogen-bond donors (Lipinski definition) is 0. The van der Waals surface area contributed by atoms with Crippen LogP contribution in [0.2, 0.25) is 0 Å². The van der Waals surface area contributed by atoms with Gasteiger partial charge in [0.2, 0.25) is 5.52 Å². The molecule has 0 bridgehead atoms. The van der Waals surface area contributed by atoms with E-state index in [1.807, 2.05) is 42.5 Å². The number of benzene rings is 3. The van der Waals surface area contributed by atoms with Crippen LogP contribution in [0.3, 0.4) is 0 Å². The van der Waals surface area contributed by atoms with E-state index in [9.17, 15) is 14.9 Å². The van der Waals surface area contributed by atoms with Gasteiger partial charge in [0.1, 0.15) is 16.5 Å². The maximum Gasteiger partial charge on any atom is 0.269 e. The highest BCUT2D eigenvalue weighted by atomic mass is 35.5. The van der Waals surface area contributed by atoms with E-state index in [-0.39, 0.29) is 23.5 Å². The lowest BCUT2D eigenvalue weighted by molar-refractivity contribution is -0.659. The number of halogens is 1. The standard InChI is InChI=1S/C25H17N2O4S.ClH/c28-25-18(16-31-22-7-3-1-5-20(22)25)11-14-24-26(21-6-2-4-8-23(21)32-24)15-17-9-12-19(13-10-17)27(29)30;/h1-14,16H,15H2;1H/q+1;/p-1/b14-11+;. The van der Waals surface area contributed by atoms with Gasteiger partial charge < -0.3 is 16.8 Å². The molecule has 5 aromatic rings. The molecule has 0 aliphatic rings. The molecule has 0 saturated carbocycles. The van der Waals surface area contributed by atoms with Crippen molar-refractivity contribution in [2.75, 3.05) is 0 Å². The number of nitrogens with zero attached hydrogens (tertiary/aromatic N) is 2. The highest BCUT2D eigenvalue weighted by Gasteiger charge is 2.19. The summed E-state index contributed by atoms with van der Waals surface area (Å²) in [6.07, 6.45) is 5.17. The van der Waals surface area contributed by atoms with Crippen molar-refractivity contribution in [2.45, 2.75) is 6.54 Å². The third-order valence-electron chi connectivity index (χ3n) is 5.24. The van der Waals surface area contributed by atoms with Gasteiger partial charge in [-0.15, -0.1) is 0 Å². The number of hydrogen-bond acceptors (Lipinski definition) is 5. The zero-order valence-corrected chi connectivity index (χ0v) is 18.8. The topological polar surface area (TPSA) is 77.2 Å². The molecule has 3 aromatic carbocycles. The van der Waals surface area contributed by atoms with Crippen LogP contribution in [0.1, 0.15) is 16.1 Å². The minimum absolute atomic E-state index is 0. The first-order chi connectivity index (χ1) is 15.6. The molecule has 0 unspecified atom stereocenters. The molecule has 0 atom stereocenters. The molecule has 0 N–H and O–H groups in total. The lowest BCUT2D eigenvalue weighted by Crippen LogP contribution is -3.00. The second kappa shape index (κ2) is 9.36. The van der Waals surface area contributed by atoms with Crippen molar-refractivity contribution < 1.29 is 26.3 Å². The molecule has 2 aromatic heterocycles. The Labute approximate surface area is 198 Å². The average Bonchev–Trinajstić information content (AvgIpc) is 3.16. The highest BCUT2D eigenvalue weighted by molar-refractivity contribution is 7.18. The minimum atomic E-state index is -0.403. The van der Waals surface area contributed by atoms with Crippen LogP contribution in [0.15, 0.2) is 88.3 Å². The molecule has 0 fully saturated rings. The summed E-state index contributed by atoms with van der Waals surface area (Å²) in [5, 5.41) is 12.4. The first-order valence-electron chi connectivity index (χ1n) is 9.93. The summed E-state index contributed by atoms with van der Waals surface area (Å²) in [4.78, 5) is 23.4. The predicted octanol–water partition coefficient (Wildman–Crippen LogP) is 2.43. The van der Waals surface area contributed by atoms with E-state index >= 15 is 0 Å². The van der Waals surface area contributed by atoms with Gasteiger partial charge in [0.15, 0.2) is 12.0 Å². The summed E-state index contributed by atoms with van der Waals surface area (Å²) < 4.78 is 8.87. The fourth-order valence-electron chi connectivity index (χ4n) is 3.61. The summed E-state index contributed by atoms with van der Waals surface area (Å²) in [5.74, 6) is 0. The maximum atomic E-state index is 12.8. The smallest absolute Gasteiger partial charge is 0.269 e.